The van der Waals surface area contributed by atoms with E-state index in [4.69, 9.17) is 17.0 Å². The summed E-state index contributed by atoms with van der Waals surface area (Å²) in [6.07, 6.45) is -0.234. The maximum atomic E-state index is 13.4. The molecule has 4 nitrogen and oxygen atoms in total. The van der Waals surface area contributed by atoms with Crippen molar-refractivity contribution in [1.82, 2.24) is 10.6 Å². The van der Waals surface area contributed by atoms with Crippen LogP contribution in [-0.4, -0.2) is 17.2 Å². The van der Waals surface area contributed by atoms with Gasteiger partial charge in [-0.2, -0.15) is 0 Å². The molecule has 0 saturated carbocycles. The molecule has 0 radical (unpaired) electrons. The predicted octanol–water partition coefficient (Wildman–Crippen LogP) is 3.33. The smallest absolute Gasteiger partial charge is 0.338 e. The number of thiocarbonyl (C=S) groups is 1. The van der Waals surface area contributed by atoms with E-state index in [0.29, 0.717) is 26.4 Å². The van der Waals surface area contributed by atoms with Crippen molar-refractivity contribution < 1.29 is 13.9 Å². The Balaban J connectivity index is 2.45. The van der Waals surface area contributed by atoms with Crippen molar-refractivity contribution in [3.63, 3.8) is 0 Å². The first-order chi connectivity index (χ1) is 10.3. The Morgan fingerprint density at radius 3 is 2.73 bits per heavy atom. The van der Waals surface area contributed by atoms with Gasteiger partial charge >= 0.3 is 5.97 Å². The summed E-state index contributed by atoms with van der Waals surface area (Å²) >= 11 is 8.31. The van der Waals surface area contributed by atoms with E-state index < -0.39 is 12.0 Å². The second-order valence-electron chi connectivity index (χ2n) is 5.20. The zero-order chi connectivity index (χ0) is 16.4. The van der Waals surface area contributed by atoms with E-state index in [2.05, 4.69) is 26.6 Å². The number of allylic oxidation sites excluding steroid dienone is 1. The number of hydrogen-bond acceptors (Lipinski definition) is 3. The summed E-state index contributed by atoms with van der Waals surface area (Å²) in [4.78, 5) is 12.4. The topological polar surface area (TPSA) is 50.4 Å². The minimum atomic E-state index is -0.489. The number of rotatable bonds is 3. The highest BCUT2D eigenvalue weighted by atomic mass is 79.9. The molecule has 1 aromatic carbocycles. The van der Waals surface area contributed by atoms with Gasteiger partial charge in [-0.3, -0.25) is 0 Å². The first-order valence-electron chi connectivity index (χ1n) is 6.73. The fraction of sp³-hybridized carbons (Fsp3) is 0.333. The summed E-state index contributed by atoms with van der Waals surface area (Å²) in [6.45, 7) is 5.33. The summed E-state index contributed by atoms with van der Waals surface area (Å²) in [5.41, 5.74) is 1.77. The fourth-order valence-corrected chi connectivity index (χ4v) is 2.85. The molecule has 2 rings (SSSR count). The van der Waals surface area contributed by atoms with Crippen molar-refractivity contribution in [2.45, 2.75) is 32.9 Å². The number of ether oxygens (including phenoxy) is 1. The molecule has 1 aliphatic rings. The van der Waals surface area contributed by atoms with Gasteiger partial charge in [-0.1, -0.05) is 6.07 Å². The first-order valence-corrected chi connectivity index (χ1v) is 7.94. The van der Waals surface area contributed by atoms with Crippen LogP contribution >= 0.6 is 28.1 Å². The quantitative estimate of drug-likeness (QED) is 0.616. The number of nitrogens with one attached hydrogen (secondary N) is 2. The average molecular weight is 387 g/mol. The molecule has 118 valence electrons. The lowest BCUT2D eigenvalue weighted by Gasteiger charge is -2.30. The van der Waals surface area contributed by atoms with E-state index in [-0.39, 0.29) is 11.9 Å². The van der Waals surface area contributed by atoms with E-state index in [1.807, 2.05) is 0 Å². The lowest BCUT2D eigenvalue weighted by Crippen LogP contribution is -2.45. The molecule has 0 unspecified atom stereocenters. The van der Waals surface area contributed by atoms with Crippen molar-refractivity contribution in [3.8, 4) is 0 Å². The normalized spacial score (nSPS) is 18.1. The standard InChI is InChI=1S/C15H16BrFN2O2S/c1-7(2)21-14(20)12-8(3)18-15(22)19-13(12)9-4-5-11(17)10(16)6-9/h4-7,13H,1-3H3,(H2,18,19,22)/t13-/m0/s1. The number of carbonyl (C=O) groups is 1. The molecule has 22 heavy (non-hydrogen) atoms. The summed E-state index contributed by atoms with van der Waals surface area (Å²) in [6, 6.07) is 4.09. The van der Waals surface area contributed by atoms with Crippen LogP contribution in [0.2, 0.25) is 0 Å². The zero-order valence-corrected chi connectivity index (χ0v) is 14.8. The van der Waals surface area contributed by atoms with E-state index >= 15 is 0 Å². The van der Waals surface area contributed by atoms with Gasteiger partial charge in [0, 0.05) is 5.70 Å². The van der Waals surface area contributed by atoms with Crippen LogP contribution in [0.1, 0.15) is 32.4 Å². The second kappa shape index (κ2) is 6.75. The average Bonchev–Trinajstić information content (AvgIpc) is 2.39. The highest BCUT2D eigenvalue weighted by Crippen LogP contribution is 2.30. The Kier molecular flexibility index (Phi) is 5.18. The van der Waals surface area contributed by atoms with Crippen LogP contribution in [0.4, 0.5) is 4.39 Å². The Labute approximate surface area is 142 Å². The number of hydrogen-bond donors (Lipinski definition) is 2. The molecule has 1 atom stereocenters. The van der Waals surface area contributed by atoms with Crippen LogP contribution < -0.4 is 10.6 Å². The third-order valence-corrected chi connectivity index (χ3v) is 3.94. The molecule has 1 aromatic rings. The Bertz CT molecular complexity index is 661. The number of halogens is 2. The van der Waals surface area contributed by atoms with Crippen LogP contribution in [0.5, 0.6) is 0 Å². The van der Waals surface area contributed by atoms with Gasteiger partial charge in [0.1, 0.15) is 5.82 Å². The van der Waals surface area contributed by atoms with Gasteiger partial charge < -0.3 is 15.4 Å². The third kappa shape index (κ3) is 3.64. The molecule has 7 heteroatoms. The van der Waals surface area contributed by atoms with Crippen molar-refractivity contribution in [3.05, 3.63) is 45.3 Å². The largest absolute Gasteiger partial charge is 0.459 e. The van der Waals surface area contributed by atoms with Crippen molar-refractivity contribution >= 4 is 39.2 Å². The third-order valence-electron chi connectivity index (χ3n) is 3.11. The van der Waals surface area contributed by atoms with Gasteiger partial charge in [0.25, 0.3) is 0 Å². The minimum absolute atomic E-state index is 0.234. The van der Waals surface area contributed by atoms with E-state index in [0.717, 1.165) is 0 Å². The molecule has 0 saturated heterocycles. The van der Waals surface area contributed by atoms with Crippen molar-refractivity contribution in [2.24, 2.45) is 0 Å². The summed E-state index contributed by atoms with van der Waals surface area (Å²) in [5, 5.41) is 6.36. The second-order valence-corrected chi connectivity index (χ2v) is 6.46. The number of benzene rings is 1. The van der Waals surface area contributed by atoms with Crippen LogP contribution in [0.15, 0.2) is 33.9 Å². The summed E-state index contributed by atoms with van der Waals surface area (Å²) in [5.74, 6) is -0.798. The van der Waals surface area contributed by atoms with E-state index in [9.17, 15) is 9.18 Å². The van der Waals surface area contributed by atoms with Gasteiger partial charge in [-0.15, -0.1) is 0 Å². The molecular weight excluding hydrogens is 371 g/mol. The maximum Gasteiger partial charge on any atom is 0.338 e. The fourth-order valence-electron chi connectivity index (χ4n) is 2.18. The molecule has 0 amide bonds. The van der Waals surface area contributed by atoms with Gasteiger partial charge in [0.2, 0.25) is 0 Å². The molecule has 1 aliphatic heterocycles. The van der Waals surface area contributed by atoms with Gasteiger partial charge in [0.15, 0.2) is 5.11 Å². The van der Waals surface area contributed by atoms with Gasteiger partial charge in [0.05, 0.1) is 22.2 Å². The van der Waals surface area contributed by atoms with Crippen LogP contribution in [0, 0.1) is 5.82 Å². The highest BCUT2D eigenvalue weighted by molar-refractivity contribution is 9.10. The molecule has 0 aliphatic carbocycles. The SMILES string of the molecule is CC1=C(C(=O)OC(C)C)[C@H](c2ccc(F)c(Br)c2)NC(=S)N1. The highest BCUT2D eigenvalue weighted by Gasteiger charge is 2.31. The van der Waals surface area contributed by atoms with Crippen molar-refractivity contribution in [1.29, 1.82) is 0 Å². The number of esters is 1. The summed E-state index contributed by atoms with van der Waals surface area (Å²) < 4.78 is 19.1. The van der Waals surface area contributed by atoms with E-state index in [1.54, 1.807) is 32.9 Å². The summed E-state index contributed by atoms with van der Waals surface area (Å²) in [7, 11) is 0. The monoisotopic (exact) mass is 386 g/mol. The Hall–Kier alpha value is -1.47. The van der Waals surface area contributed by atoms with Gasteiger partial charge in [-0.05, 0) is 66.6 Å². The zero-order valence-electron chi connectivity index (χ0n) is 12.4. The Morgan fingerprint density at radius 1 is 1.45 bits per heavy atom. The lowest BCUT2D eigenvalue weighted by atomic mass is 9.95. The van der Waals surface area contributed by atoms with Crippen LogP contribution in [0.25, 0.3) is 0 Å². The first kappa shape index (κ1) is 16.9. The molecule has 2 N–H and O–H groups in total. The molecule has 1 heterocycles. The number of carbonyl (C=O) groups excluding carboxylic acids is 1. The molecular formula is C15H16BrFN2O2S. The minimum Gasteiger partial charge on any atom is -0.459 e. The molecule has 0 fully saturated rings. The van der Waals surface area contributed by atoms with Gasteiger partial charge in [-0.25, -0.2) is 9.18 Å². The molecule has 0 spiro atoms. The van der Waals surface area contributed by atoms with E-state index in [1.165, 1.54) is 6.07 Å². The van der Waals surface area contributed by atoms with Crippen molar-refractivity contribution in [2.75, 3.05) is 0 Å². The Morgan fingerprint density at radius 2 is 2.14 bits per heavy atom. The maximum absolute atomic E-state index is 13.4. The molecule has 0 bridgehead atoms. The molecule has 0 aromatic heterocycles. The van der Waals surface area contributed by atoms with Crippen LogP contribution in [-0.2, 0) is 9.53 Å². The predicted molar refractivity (Wildman–Crippen MR) is 89.6 cm³/mol. The van der Waals surface area contributed by atoms with Crippen LogP contribution in [0.3, 0.4) is 0 Å². The lowest BCUT2D eigenvalue weighted by molar-refractivity contribution is -0.143.